The Balaban J connectivity index is 1.26. The van der Waals surface area contributed by atoms with Crippen molar-refractivity contribution in [1.29, 1.82) is 0 Å². The number of hydrogen-bond acceptors (Lipinski definition) is 2. The summed E-state index contributed by atoms with van der Waals surface area (Å²) in [6.07, 6.45) is 6.71. The van der Waals surface area contributed by atoms with Gasteiger partial charge in [0.2, 0.25) is 0 Å². The number of nitrogens with zero attached hydrogens (tertiary/aromatic N) is 2. The minimum absolute atomic E-state index is 0.0168. The van der Waals surface area contributed by atoms with Crippen LogP contribution in [0.2, 0.25) is 0 Å². The van der Waals surface area contributed by atoms with Crippen LogP contribution in [-0.2, 0) is 37.9 Å². The van der Waals surface area contributed by atoms with Crippen LogP contribution >= 0.6 is 0 Å². The van der Waals surface area contributed by atoms with Gasteiger partial charge in [-0.05, 0) is 192 Å². The molecule has 6 aromatic rings. The van der Waals surface area contributed by atoms with E-state index in [0.29, 0.717) is 5.56 Å². The fourth-order valence-corrected chi connectivity index (χ4v) is 14.3. The van der Waals surface area contributed by atoms with Gasteiger partial charge in [-0.2, -0.15) is 0 Å². The van der Waals surface area contributed by atoms with Crippen LogP contribution in [0.1, 0.15) is 190 Å². The van der Waals surface area contributed by atoms with Crippen molar-refractivity contribution in [3.63, 3.8) is 0 Å². The van der Waals surface area contributed by atoms with Crippen molar-refractivity contribution < 1.29 is 4.11 Å². The molecule has 0 unspecified atom stereocenters. The van der Waals surface area contributed by atoms with E-state index in [2.05, 4.69) is 204 Å². The van der Waals surface area contributed by atoms with Gasteiger partial charge in [0.05, 0.1) is 5.69 Å². The molecule has 2 aliphatic heterocycles. The van der Waals surface area contributed by atoms with Crippen molar-refractivity contribution in [2.45, 2.75) is 180 Å². The van der Waals surface area contributed by atoms with Gasteiger partial charge in [0.25, 0.3) is 6.71 Å². The molecule has 0 N–H and O–H groups in total. The molecule has 0 aromatic heterocycles. The van der Waals surface area contributed by atoms with Gasteiger partial charge in [0, 0.05) is 43.5 Å². The van der Waals surface area contributed by atoms with E-state index >= 15 is 0 Å². The van der Waals surface area contributed by atoms with Crippen LogP contribution in [0.5, 0.6) is 0 Å². The molecule has 0 spiro atoms. The lowest BCUT2D eigenvalue weighted by Crippen LogP contribution is -2.62. The molecule has 2 nitrogen and oxygen atoms in total. The summed E-state index contributed by atoms with van der Waals surface area (Å²) < 4.78 is 27.9. The highest BCUT2D eigenvalue weighted by Crippen LogP contribution is 2.58. The zero-order valence-electron chi connectivity index (χ0n) is 46.0. The Kier molecular flexibility index (Phi) is 7.98. The van der Waals surface area contributed by atoms with E-state index in [1.54, 1.807) is 0 Å². The lowest BCUT2D eigenvalue weighted by Gasteiger charge is -2.49. The third-order valence-corrected chi connectivity index (χ3v) is 18.9. The van der Waals surface area contributed by atoms with Gasteiger partial charge in [0.1, 0.15) is 0 Å². The molecule has 0 fully saturated rings. The smallest absolute Gasteiger partial charge is 0.252 e. The van der Waals surface area contributed by atoms with Crippen LogP contribution in [0.3, 0.4) is 0 Å². The van der Waals surface area contributed by atoms with E-state index in [0.717, 1.165) is 61.3 Å². The lowest BCUT2D eigenvalue weighted by atomic mass is 9.32. The van der Waals surface area contributed by atoms with Crippen LogP contribution in [0.15, 0.2) is 97.1 Å². The summed E-state index contributed by atoms with van der Waals surface area (Å²) in [4.78, 5) is 5.04. The Morgan fingerprint density at radius 3 is 1.42 bits per heavy atom. The summed E-state index contributed by atoms with van der Waals surface area (Å²) in [7, 11) is 0. The number of anilines is 6. The topological polar surface area (TPSA) is 6.48 Å². The highest BCUT2D eigenvalue weighted by atomic mass is 15.2. The van der Waals surface area contributed by atoms with E-state index in [1.165, 1.54) is 83.4 Å². The molecule has 0 atom stereocenters. The van der Waals surface area contributed by atoms with Crippen molar-refractivity contribution in [1.82, 2.24) is 0 Å². The van der Waals surface area contributed by atoms with Gasteiger partial charge >= 0.3 is 0 Å². The molecule has 67 heavy (non-hydrogen) atoms. The molecule has 0 bridgehead atoms. The predicted molar refractivity (Wildman–Crippen MR) is 289 cm³/mol. The number of hydrogen-bond donors (Lipinski definition) is 0. The summed E-state index contributed by atoms with van der Waals surface area (Å²) in [6.45, 7) is 31.4. The minimum atomic E-state index is -2.36. The molecule has 342 valence electrons. The third-order valence-electron chi connectivity index (χ3n) is 18.9. The number of fused-ring (bicyclic) bond motifs is 10. The van der Waals surface area contributed by atoms with Crippen molar-refractivity contribution in [3.05, 3.63) is 147 Å². The van der Waals surface area contributed by atoms with Crippen molar-refractivity contribution in [2.75, 3.05) is 9.80 Å². The second kappa shape index (κ2) is 13.4. The highest BCUT2D eigenvalue weighted by Gasteiger charge is 2.50. The molecule has 6 aromatic carbocycles. The average Bonchev–Trinajstić information content (AvgIpc) is 3.53. The van der Waals surface area contributed by atoms with Gasteiger partial charge in [-0.3, -0.25) is 0 Å². The first kappa shape index (κ1) is 39.9. The zero-order valence-corrected chi connectivity index (χ0v) is 43.0. The van der Waals surface area contributed by atoms with Crippen LogP contribution in [0, 0.1) is 6.85 Å². The molecule has 0 amide bonds. The first-order chi connectivity index (χ1) is 32.6. The largest absolute Gasteiger partial charge is 0.311 e. The molecule has 4 aliphatic carbocycles. The number of rotatable bonds is 2. The summed E-state index contributed by atoms with van der Waals surface area (Å²) in [5.41, 5.74) is 24.0. The molecule has 0 saturated carbocycles. The monoisotopic (exact) mass is 884 g/mol. The maximum absolute atomic E-state index is 9.29. The normalized spacial score (nSPS) is 22.6. The Hall–Kier alpha value is -5.02. The molecule has 0 radical (unpaired) electrons. The van der Waals surface area contributed by atoms with Gasteiger partial charge in [-0.15, -0.1) is 0 Å². The van der Waals surface area contributed by atoms with E-state index in [-0.39, 0.29) is 44.6 Å². The van der Waals surface area contributed by atoms with Gasteiger partial charge in [-0.25, -0.2) is 0 Å². The number of benzene rings is 6. The Labute approximate surface area is 407 Å². The molecule has 0 saturated heterocycles. The summed E-state index contributed by atoms with van der Waals surface area (Å²) in [6, 6.07) is 37.6. The molecule has 2 heterocycles. The van der Waals surface area contributed by atoms with Gasteiger partial charge in [-0.1, -0.05) is 152 Å². The fraction of sp³-hybridized carbons (Fsp3) is 0.438. The zero-order chi connectivity index (χ0) is 49.8. The summed E-state index contributed by atoms with van der Waals surface area (Å²) >= 11 is 0. The minimum Gasteiger partial charge on any atom is -0.311 e. The molecule has 6 aliphatic rings. The molecule has 3 heteroatoms. The van der Waals surface area contributed by atoms with E-state index in [9.17, 15) is 4.11 Å². The quantitative estimate of drug-likeness (QED) is 0.160. The van der Waals surface area contributed by atoms with Crippen LogP contribution in [0.25, 0.3) is 11.1 Å². The SMILES string of the molecule is [2H]C([2H])([2H])c1cc2c3c(c1)N(c1cccc4c1-c1ccccc1C4(C)C)c1cc4c(cc1B3c1cc3c(cc1N2c1ccc2c(c1)C(C)(C)CCC2(C)C)C(C)(C)CCC3(C)C)C(C)(C)CCC4(C)C. The van der Waals surface area contributed by atoms with E-state index in [4.69, 9.17) is 0 Å². The lowest BCUT2D eigenvalue weighted by molar-refractivity contribution is 0.332. The Bertz CT molecular complexity index is 3270. The highest BCUT2D eigenvalue weighted by molar-refractivity contribution is 7.00. The van der Waals surface area contributed by atoms with Crippen molar-refractivity contribution >= 4 is 57.2 Å². The number of aryl methyl sites for hydroxylation is 1. The summed E-state index contributed by atoms with van der Waals surface area (Å²) in [5.74, 6) is 0. The molecular weight excluding hydrogens is 808 g/mol. The van der Waals surface area contributed by atoms with Crippen LogP contribution in [-0.4, -0.2) is 6.71 Å². The van der Waals surface area contributed by atoms with Crippen LogP contribution in [0.4, 0.5) is 34.1 Å². The Morgan fingerprint density at radius 2 is 0.866 bits per heavy atom. The molecular formula is C64H73BN2. The molecule has 12 rings (SSSR count). The van der Waals surface area contributed by atoms with Gasteiger partial charge < -0.3 is 9.80 Å². The fourth-order valence-electron chi connectivity index (χ4n) is 14.3. The van der Waals surface area contributed by atoms with Crippen molar-refractivity contribution in [3.8, 4) is 11.1 Å². The van der Waals surface area contributed by atoms with E-state index < -0.39 is 6.85 Å². The third kappa shape index (κ3) is 5.88. The second-order valence-corrected chi connectivity index (χ2v) is 26.3. The summed E-state index contributed by atoms with van der Waals surface area (Å²) in [5, 5.41) is 0. The standard InChI is InChI=1S/C64H73BN2/c1-38-31-54-57-55(32-38)67(51-22-18-21-43-56(51)40-19-16-17-20-41(40)64(43,14)15)53-37-48-46(61(8,9)28-30-63(48,12)13)35-50(53)65(57)49-34-45-47(62(10,11)29-27-60(45,6)7)36-52(49)66(54)39-23-24-42-44(33-39)59(4,5)26-25-58(42,2)3/h16-24,31-37H,25-30H2,1-15H3/i1D3. The van der Waals surface area contributed by atoms with E-state index in [1.807, 2.05) is 0 Å². The average molecular weight is 884 g/mol. The van der Waals surface area contributed by atoms with Crippen molar-refractivity contribution in [2.24, 2.45) is 0 Å². The first-order valence-corrected chi connectivity index (χ1v) is 25.6. The maximum atomic E-state index is 9.29. The first-order valence-electron chi connectivity index (χ1n) is 27.1. The second-order valence-electron chi connectivity index (χ2n) is 26.3. The predicted octanol–water partition coefficient (Wildman–Crippen LogP) is 15.4. The maximum Gasteiger partial charge on any atom is 0.252 e. The Morgan fingerprint density at radius 1 is 0.403 bits per heavy atom. The van der Waals surface area contributed by atoms with Gasteiger partial charge in [0.15, 0.2) is 0 Å². The van der Waals surface area contributed by atoms with Crippen LogP contribution < -0.4 is 26.2 Å².